The van der Waals surface area contributed by atoms with Gasteiger partial charge in [0.15, 0.2) is 0 Å². The molecule has 0 heterocycles. The predicted octanol–water partition coefficient (Wildman–Crippen LogP) is 1.82. The zero-order valence-electron chi connectivity index (χ0n) is 12.0. The van der Waals surface area contributed by atoms with E-state index in [0.717, 1.165) is 6.54 Å². The Balaban J connectivity index is 2.95. The highest BCUT2D eigenvalue weighted by Crippen LogP contribution is 2.17. The summed E-state index contributed by atoms with van der Waals surface area (Å²) in [4.78, 5) is 16.2. The monoisotopic (exact) mass is 267 g/mol. The molecule has 0 aromatic heterocycles. The molecule has 1 unspecified atom stereocenters. The number of nitrogen functional groups attached to an aromatic ring is 1. The van der Waals surface area contributed by atoms with Gasteiger partial charge >= 0.3 is 0 Å². The van der Waals surface area contributed by atoms with E-state index >= 15 is 0 Å². The summed E-state index contributed by atoms with van der Waals surface area (Å²) >= 11 is 0. The zero-order chi connectivity index (χ0) is 14.6. The van der Waals surface area contributed by atoms with Gasteiger partial charge in [0.1, 0.15) is 5.82 Å². The van der Waals surface area contributed by atoms with Crippen LogP contribution in [0.4, 0.5) is 10.1 Å². The Hall–Kier alpha value is -1.62. The van der Waals surface area contributed by atoms with Gasteiger partial charge in [-0.2, -0.15) is 0 Å². The quantitative estimate of drug-likeness (QED) is 0.828. The fourth-order valence-corrected chi connectivity index (χ4v) is 2.17. The van der Waals surface area contributed by atoms with Crippen LogP contribution in [-0.4, -0.2) is 48.9 Å². The summed E-state index contributed by atoms with van der Waals surface area (Å²) in [5.74, 6) is -0.590. The molecule has 0 spiro atoms. The van der Waals surface area contributed by atoms with Crippen molar-refractivity contribution in [2.24, 2.45) is 0 Å². The molecule has 1 atom stereocenters. The average Bonchev–Trinajstić information content (AvgIpc) is 2.28. The van der Waals surface area contributed by atoms with Gasteiger partial charge in [-0.15, -0.1) is 0 Å². The van der Waals surface area contributed by atoms with Gasteiger partial charge in [-0.3, -0.25) is 4.79 Å². The minimum atomic E-state index is -0.432. The molecule has 0 aliphatic heterocycles. The third-order valence-corrected chi connectivity index (χ3v) is 3.01. The molecule has 0 aliphatic carbocycles. The molecule has 19 heavy (non-hydrogen) atoms. The minimum Gasteiger partial charge on any atom is -0.398 e. The number of rotatable bonds is 5. The summed E-state index contributed by atoms with van der Waals surface area (Å²) in [6.45, 7) is 5.26. The first kappa shape index (κ1) is 15.4. The molecule has 1 aromatic rings. The van der Waals surface area contributed by atoms with Gasteiger partial charge in [-0.1, -0.05) is 0 Å². The summed E-state index contributed by atoms with van der Waals surface area (Å²) < 4.78 is 13.0. The minimum absolute atomic E-state index is 0.0666. The van der Waals surface area contributed by atoms with Crippen molar-refractivity contribution in [3.63, 3.8) is 0 Å². The van der Waals surface area contributed by atoms with Crippen molar-refractivity contribution in [3.05, 3.63) is 29.6 Å². The van der Waals surface area contributed by atoms with E-state index in [4.69, 9.17) is 5.73 Å². The van der Waals surface area contributed by atoms with Crippen LogP contribution in [0, 0.1) is 5.82 Å². The molecule has 1 amide bonds. The van der Waals surface area contributed by atoms with Gasteiger partial charge in [-0.05, 0) is 46.1 Å². The average molecular weight is 267 g/mol. The van der Waals surface area contributed by atoms with E-state index in [1.165, 1.54) is 18.2 Å². The summed E-state index contributed by atoms with van der Waals surface area (Å²) in [6.07, 6.45) is 0. The van der Waals surface area contributed by atoms with Crippen molar-refractivity contribution in [1.29, 1.82) is 0 Å². The van der Waals surface area contributed by atoms with Crippen molar-refractivity contribution in [1.82, 2.24) is 9.80 Å². The van der Waals surface area contributed by atoms with Crippen LogP contribution in [0.1, 0.15) is 24.2 Å². The molecule has 4 nitrogen and oxygen atoms in total. The van der Waals surface area contributed by atoms with Gasteiger partial charge in [0.2, 0.25) is 0 Å². The Labute approximate surface area is 114 Å². The van der Waals surface area contributed by atoms with E-state index in [-0.39, 0.29) is 17.6 Å². The molecular formula is C14H22FN3O. The maximum Gasteiger partial charge on any atom is 0.256 e. The summed E-state index contributed by atoms with van der Waals surface area (Å²) in [5, 5.41) is 0. The number of carbonyl (C=O) groups is 1. The van der Waals surface area contributed by atoms with Crippen LogP contribution in [0.3, 0.4) is 0 Å². The van der Waals surface area contributed by atoms with Crippen LogP contribution in [0.2, 0.25) is 0 Å². The first-order valence-electron chi connectivity index (χ1n) is 6.37. The van der Waals surface area contributed by atoms with Crippen LogP contribution < -0.4 is 5.73 Å². The van der Waals surface area contributed by atoms with Gasteiger partial charge in [-0.25, -0.2) is 4.39 Å². The second kappa shape index (κ2) is 6.52. The van der Waals surface area contributed by atoms with Gasteiger partial charge in [0, 0.05) is 24.8 Å². The molecule has 106 valence electrons. The standard InChI is InChI=1S/C14H22FN3O/c1-5-18(10(2)9-17(3)4)14(19)12-7-6-11(15)8-13(12)16/h6-8,10H,5,9,16H2,1-4H3. The fraction of sp³-hybridized carbons (Fsp3) is 0.500. The number of hydrogen-bond acceptors (Lipinski definition) is 3. The first-order valence-corrected chi connectivity index (χ1v) is 6.37. The zero-order valence-corrected chi connectivity index (χ0v) is 12.0. The number of amides is 1. The molecular weight excluding hydrogens is 245 g/mol. The van der Waals surface area contributed by atoms with Gasteiger partial charge < -0.3 is 15.5 Å². The van der Waals surface area contributed by atoms with E-state index < -0.39 is 5.82 Å². The highest BCUT2D eigenvalue weighted by atomic mass is 19.1. The second-order valence-electron chi connectivity index (χ2n) is 4.93. The first-order chi connectivity index (χ1) is 8.86. The number of halogens is 1. The number of nitrogens with zero attached hydrogens (tertiary/aromatic N) is 2. The Kier molecular flexibility index (Phi) is 5.30. The molecule has 0 radical (unpaired) electrons. The number of likely N-dealkylation sites (N-methyl/N-ethyl adjacent to an activating group) is 2. The molecule has 0 aliphatic rings. The lowest BCUT2D eigenvalue weighted by Gasteiger charge is -2.30. The Morgan fingerprint density at radius 1 is 1.42 bits per heavy atom. The van der Waals surface area contributed by atoms with E-state index in [1.54, 1.807) is 4.90 Å². The number of hydrogen-bond donors (Lipinski definition) is 1. The van der Waals surface area contributed by atoms with Crippen molar-refractivity contribution < 1.29 is 9.18 Å². The molecule has 0 bridgehead atoms. The third kappa shape index (κ3) is 3.92. The lowest BCUT2D eigenvalue weighted by molar-refractivity contribution is 0.0680. The van der Waals surface area contributed by atoms with Crippen molar-refractivity contribution in [2.45, 2.75) is 19.9 Å². The SMILES string of the molecule is CCN(C(=O)c1ccc(F)cc1N)C(C)CN(C)C. The molecule has 1 aromatic carbocycles. The summed E-state index contributed by atoms with van der Waals surface area (Å²) in [6, 6.07) is 3.95. The highest BCUT2D eigenvalue weighted by Gasteiger charge is 2.22. The summed E-state index contributed by atoms with van der Waals surface area (Å²) in [7, 11) is 3.92. The van der Waals surface area contributed by atoms with E-state index in [9.17, 15) is 9.18 Å². The van der Waals surface area contributed by atoms with Crippen molar-refractivity contribution in [2.75, 3.05) is 32.9 Å². The number of carbonyl (C=O) groups excluding carboxylic acids is 1. The number of nitrogens with two attached hydrogens (primary N) is 1. The van der Waals surface area contributed by atoms with E-state index in [1.807, 2.05) is 32.8 Å². The third-order valence-electron chi connectivity index (χ3n) is 3.01. The number of anilines is 1. The largest absolute Gasteiger partial charge is 0.398 e. The molecule has 0 fully saturated rings. The van der Waals surface area contributed by atoms with Gasteiger partial charge in [0.05, 0.1) is 5.56 Å². The molecule has 2 N–H and O–H groups in total. The molecule has 0 saturated heterocycles. The summed E-state index contributed by atoms with van der Waals surface area (Å²) in [5.41, 5.74) is 6.25. The Morgan fingerprint density at radius 3 is 2.53 bits per heavy atom. The Morgan fingerprint density at radius 2 is 2.05 bits per heavy atom. The smallest absolute Gasteiger partial charge is 0.256 e. The van der Waals surface area contributed by atoms with E-state index in [2.05, 4.69) is 0 Å². The molecule has 1 rings (SSSR count). The van der Waals surface area contributed by atoms with Crippen LogP contribution in [0.25, 0.3) is 0 Å². The molecule has 5 heteroatoms. The second-order valence-corrected chi connectivity index (χ2v) is 4.93. The van der Waals surface area contributed by atoms with Crippen LogP contribution >= 0.6 is 0 Å². The maximum atomic E-state index is 13.0. The highest BCUT2D eigenvalue weighted by molar-refractivity contribution is 5.99. The number of benzene rings is 1. The predicted molar refractivity (Wildman–Crippen MR) is 75.5 cm³/mol. The maximum absolute atomic E-state index is 13.0. The lowest BCUT2D eigenvalue weighted by Crippen LogP contribution is -2.43. The van der Waals surface area contributed by atoms with Gasteiger partial charge in [0.25, 0.3) is 5.91 Å². The topological polar surface area (TPSA) is 49.6 Å². The lowest BCUT2D eigenvalue weighted by atomic mass is 10.1. The van der Waals surface area contributed by atoms with Crippen molar-refractivity contribution >= 4 is 11.6 Å². The van der Waals surface area contributed by atoms with Crippen LogP contribution in [-0.2, 0) is 0 Å². The van der Waals surface area contributed by atoms with Crippen molar-refractivity contribution in [3.8, 4) is 0 Å². The fourth-order valence-electron chi connectivity index (χ4n) is 2.17. The van der Waals surface area contributed by atoms with Crippen LogP contribution in [0.15, 0.2) is 18.2 Å². The van der Waals surface area contributed by atoms with E-state index in [0.29, 0.717) is 12.1 Å². The normalized spacial score (nSPS) is 12.5. The molecule has 0 saturated carbocycles. The Bertz CT molecular complexity index is 448. The van der Waals surface area contributed by atoms with Crippen LogP contribution in [0.5, 0.6) is 0 Å².